The summed E-state index contributed by atoms with van der Waals surface area (Å²) < 4.78 is 11.6. The van der Waals surface area contributed by atoms with Crippen LogP contribution in [-0.4, -0.2) is 37.6 Å². The first kappa shape index (κ1) is 22.8. The van der Waals surface area contributed by atoms with Crippen LogP contribution < -0.4 is 14.8 Å². The van der Waals surface area contributed by atoms with Gasteiger partial charge in [-0.05, 0) is 57.9 Å². The summed E-state index contributed by atoms with van der Waals surface area (Å²) in [4.78, 5) is 13.6. The van der Waals surface area contributed by atoms with Gasteiger partial charge in [0.1, 0.15) is 0 Å². The highest BCUT2D eigenvalue weighted by Crippen LogP contribution is 2.30. The van der Waals surface area contributed by atoms with Crippen molar-refractivity contribution in [1.82, 2.24) is 10.2 Å². The molecule has 0 radical (unpaired) electrons. The summed E-state index contributed by atoms with van der Waals surface area (Å²) in [5, 5.41) is 3.58. The van der Waals surface area contributed by atoms with Crippen LogP contribution >= 0.6 is 0 Å². The van der Waals surface area contributed by atoms with E-state index in [0.29, 0.717) is 24.7 Å². The van der Waals surface area contributed by atoms with Crippen molar-refractivity contribution in [1.29, 1.82) is 0 Å². The lowest BCUT2D eigenvalue weighted by molar-refractivity contribution is -0.135. The Hall–Kier alpha value is -2.53. The number of nitrogens with zero attached hydrogens (tertiary/aromatic N) is 1. The van der Waals surface area contributed by atoms with Crippen molar-refractivity contribution in [2.24, 2.45) is 0 Å². The minimum Gasteiger partial charge on any atom is -0.490 e. The lowest BCUT2D eigenvalue weighted by atomic mass is 10.0. The van der Waals surface area contributed by atoms with Crippen LogP contribution in [0.1, 0.15) is 49.1 Å². The molecule has 1 amide bonds. The summed E-state index contributed by atoms with van der Waals surface area (Å²) in [6.07, 6.45) is -0.572. The van der Waals surface area contributed by atoms with E-state index in [-0.39, 0.29) is 11.9 Å². The van der Waals surface area contributed by atoms with Crippen molar-refractivity contribution < 1.29 is 14.3 Å². The highest BCUT2D eigenvalue weighted by Gasteiger charge is 2.19. The highest BCUT2D eigenvalue weighted by molar-refractivity contribution is 5.80. The van der Waals surface area contributed by atoms with Crippen LogP contribution in [0.2, 0.25) is 0 Å². The quantitative estimate of drug-likeness (QED) is 0.680. The Kier molecular flexibility index (Phi) is 8.09. The lowest BCUT2D eigenvalue weighted by Gasteiger charge is -2.21. The predicted molar refractivity (Wildman–Crippen MR) is 118 cm³/mol. The van der Waals surface area contributed by atoms with E-state index in [1.807, 2.05) is 25.1 Å². The maximum atomic E-state index is 12.1. The monoisotopic (exact) mass is 398 g/mol. The summed E-state index contributed by atoms with van der Waals surface area (Å²) in [6.45, 7) is 11.3. The Balaban J connectivity index is 2.09. The topological polar surface area (TPSA) is 50.8 Å². The average molecular weight is 399 g/mol. The third-order valence-corrected chi connectivity index (χ3v) is 4.76. The fourth-order valence-electron chi connectivity index (χ4n) is 3.28. The average Bonchev–Trinajstić information content (AvgIpc) is 2.66. The molecule has 0 aliphatic carbocycles. The summed E-state index contributed by atoms with van der Waals surface area (Å²) in [5.41, 5.74) is 4.93. The minimum absolute atomic E-state index is 0.0829. The van der Waals surface area contributed by atoms with E-state index < -0.39 is 6.10 Å². The van der Waals surface area contributed by atoms with E-state index in [9.17, 15) is 4.79 Å². The van der Waals surface area contributed by atoms with E-state index in [0.717, 1.165) is 5.56 Å². The van der Waals surface area contributed by atoms with Crippen LogP contribution in [0, 0.1) is 13.8 Å². The standard InChI is InChI=1S/C24H34N2O3/c1-8-28-23-14-20(9-10-22(23)29-19(5)24(27)26(6)7)15-25-18(4)21-12-16(2)11-17(3)13-21/h9-14,18-19,25H,8,15H2,1-7H3. The van der Waals surface area contributed by atoms with Gasteiger partial charge in [-0.15, -0.1) is 0 Å². The Morgan fingerprint density at radius 2 is 1.69 bits per heavy atom. The fraction of sp³-hybridized carbons (Fsp3) is 0.458. The molecule has 0 saturated heterocycles. The maximum Gasteiger partial charge on any atom is 0.262 e. The maximum absolute atomic E-state index is 12.1. The normalized spacial score (nSPS) is 12.9. The van der Waals surface area contributed by atoms with Crippen molar-refractivity contribution in [3.05, 3.63) is 58.7 Å². The van der Waals surface area contributed by atoms with Gasteiger partial charge in [-0.25, -0.2) is 0 Å². The van der Waals surface area contributed by atoms with Gasteiger partial charge in [-0.1, -0.05) is 35.4 Å². The molecular formula is C24H34N2O3. The first-order valence-electron chi connectivity index (χ1n) is 10.2. The van der Waals surface area contributed by atoms with Gasteiger partial charge in [0, 0.05) is 26.7 Å². The van der Waals surface area contributed by atoms with Gasteiger partial charge in [0.05, 0.1) is 6.61 Å². The number of rotatable bonds is 9. The van der Waals surface area contributed by atoms with Crippen molar-refractivity contribution in [3.8, 4) is 11.5 Å². The fourth-order valence-corrected chi connectivity index (χ4v) is 3.28. The van der Waals surface area contributed by atoms with Gasteiger partial charge in [0.2, 0.25) is 0 Å². The molecule has 0 bridgehead atoms. The van der Waals surface area contributed by atoms with Crippen molar-refractivity contribution in [2.75, 3.05) is 20.7 Å². The molecule has 1 N–H and O–H groups in total. The third-order valence-electron chi connectivity index (χ3n) is 4.76. The predicted octanol–water partition coefficient (Wildman–Crippen LogP) is 4.41. The van der Waals surface area contributed by atoms with Crippen LogP contribution in [0.15, 0.2) is 36.4 Å². The molecule has 0 aliphatic rings. The number of benzene rings is 2. The van der Waals surface area contributed by atoms with Crippen molar-refractivity contribution in [2.45, 2.75) is 53.3 Å². The molecule has 158 valence electrons. The second-order valence-electron chi connectivity index (χ2n) is 7.73. The zero-order chi connectivity index (χ0) is 21.6. The summed E-state index contributed by atoms with van der Waals surface area (Å²) >= 11 is 0. The van der Waals surface area contributed by atoms with Gasteiger partial charge in [0.15, 0.2) is 17.6 Å². The molecule has 0 aliphatic heterocycles. The van der Waals surface area contributed by atoms with Crippen LogP contribution in [-0.2, 0) is 11.3 Å². The number of carbonyl (C=O) groups excluding carboxylic acids is 1. The Morgan fingerprint density at radius 1 is 1.03 bits per heavy atom. The molecule has 0 saturated carbocycles. The smallest absolute Gasteiger partial charge is 0.262 e. The largest absolute Gasteiger partial charge is 0.490 e. The molecule has 29 heavy (non-hydrogen) atoms. The third kappa shape index (κ3) is 6.50. The molecular weight excluding hydrogens is 364 g/mol. The van der Waals surface area contributed by atoms with Crippen LogP contribution in [0.25, 0.3) is 0 Å². The first-order chi connectivity index (χ1) is 13.7. The van der Waals surface area contributed by atoms with Gasteiger partial charge in [-0.3, -0.25) is 4.79 Å². The number of hydrogen-bond acceptors (Lipinski definition) is 4. The van der Waals surface area contributed by atoms with Gasteiger partial charge < -0.3 is 19.7 Å². The van der Waals surface area contributed by atoms with Gasteiger partial charge in [-0.2, -0.15) is 0 Å². The molecule has 0 heterocycles. The van der Waals surface area contributed by atoms with E-state index in [1.165, 1.54) is 21.6 Å². The number of likely N-dealkylation sites (N-methyl/N-ethyl adjacent to an activating group) is 1. The Bertz CT molecular complexity index is 813. The summed E-state index contributed by atoms with van der Waals surface area (Å²) in [6, 6.07) is 12.7. The molecule has 0 fully saturated rings. The zero-order valence-electron chi connectivity index (χ0n) is 18.7. The SMILES string of the molecule is CCOc1cc(CNC(C)c2cc(C)cc(C)c2)ccc1OC(C)C(=O)N(C)C. The Labute approximate surface area is 175 Å². The van der Waals surface area contributed by atoms with Crippen LogP contribution in [0.4, 0.5) is 0 Å². The number of hydrogen-bond donors (Lipinski definition) is 1. The van der Waals surface area contributed by atoms with Crippen molar-refractivity contribution >= 4 is 5.91 Å². The summed E-state index contributed by atoms with van der Waals surface area (Å²) in [7, 11) is 3.44. The Morgan fingerprint density at radius 3 is 2.28 bits per heavy atom. The van der Waals surface area contributed by atoms with Gasteiger partial charge in [0.25, 0.3) is 5.91 Å². The second-order valence-corrected chi connectivity index (χ2v) is 7.73. The number of nitrogens with one attached hydrogen (secondary N) is 1. The molecule has 2 unspecified atom stereocenters. The van der Waals surface area contributed by atoms with Crippen LogP contribution in [0.5, 0.6) is 11.5 Å². The van der Waals surface area contributed by atoms with Gasteiger partial charge >= 0.3 is 0 Å². The molecule has 0 aromatic heterocycles. The first-order valence-corrected chi connectivity index (χ1v) is 10.2. The zero-order valence-corrected chi connectivity index (χ0v) is 18.7. The second kappa shape index (κ2) is 10.3. The lowest BCUT2D eigenvalue weighted by Crippen LogP contribution is -2.35. The number of aryl methyl sites for hydroxylation is 2. The molecule has 5 heteroatoms. The number of amides is 1. The van der Waals surface area contributed by atoms with E-state index in [1.54, 1.807) is 21.0 Å². The molecule has 2 aromatic rings. The van der Waals surface area contributed by atoms with E-state index in [4.69, 9.17) is 9.47 Å². The minimum atomic E-state index is -0.572. The highest BCUT2D eigenvalue weighted by atomic mass is 16.5. The summed E-state index contributed by atoms with van der Waals surface area (Å²) in [5.74, 6) is 1.16. The van der Waals surface area contributed by atoms with E-state index in [2.05, 4.69) is 44.3 Å². The molecule has 2 rings (SSSR count). The molecule has 5 nitrogen and oxygen atoms in total. The van der Waals surface area contributed by atoms with Crippen molar-refractivity contribution in [3.63, 3.8) is 0 Å². The molecule has 2 aromatic carbocycles. The molecule has 2 atom stereocenters. The number of carbonyl (C=O) groups is 1. The number of ether oxygens (including phenoxy) is 2. The van der Waals surface area contributed by atoms with E-state index >= 15 is 0 Å². The molecule has 0 spiro atoms. The van der Waals surface area contributed by atoms with Crippen LogP contribution in [0.3, 0.4) is 0 Å².